The number of guanidine groups is 1. The van der Waals surface area contributed by atoms with Crippen LogP contribution in [0.5, 0.6) is 0 Å². The quantitative estimate of drug-likeness (QED) is 0.700. The number of amides is 1. The van der Waals surface area contributed by atoms with E-state index in [1.54, 1.807) is 23.1 Å². The van der Waals surface area contributed by atoms with Crippen LogP contribution in [-0.2, 0) is 11.2 Å². The molecular weight excluding hydrogens is 437 g/mol. The maximum Gasteiger partial charge on any atom is 0.259 e. The van der Waals surface area contributed by atoms with Crippen LogP contribution < -0.4 is 10.2 Å². The standard InChI is InChI=1S/C19H18BrCl2N3O/c1-3-23-18-24-19(2,11-12-4-6-13(20)7-5-12)17(26)25(18)16-9-14(21)8-15(22)10-16/h4-10H,3,11H2,1-2H3,(H,23,24). The predicted molar refractivity (Wildman–Crippen MR) is 111 cm³/mol. The van der Waals surface area contributed by atoms with Gasteiger partial charge in [0.15, 0.2) is 0 Å². The second-order valence-electron chi connectivity index (χ2n) is 6.33. The van der Waals surface area contributed by atoms with Crippen molar-refractivity contribution in [2.45, 2.75) is 25.8 Å². The van der Waals surface area contributed by atoms with Crippen LogP contribution >= 0.6 is 39.1 Å². The van der Waals surface area contributed by atoms with Crippen LogP contribution in [0, 0.1) is 0 Å². The molecule has 1 atom stereocenters. The van der Waals surface area contributed by atoms with Gasteiger partial charge in [0.1, 0.15) is 5.54 Å². The largest absolute Gasteiger partial charge is 0.341 e. The lowest BCUT2D eigenvalue weighted by molar-refractivity contribution is -0.121. The highest BCUT2D eigenvalue weighted by Gasteiger charge is 2.47. The molecule has 0 spiro atoms. The van der Waals surface area contributed by atoms with Crippen LogP contribution in [0.4, 0.5) is 5.69 Å². The number of nitrogens with one attached hydrogen (secondary N) is 1. The van der Waals surface area contributed by atoms with Crippen molar-refractivity contribution in [2.75, 3.05) is 11.4 Å². The number of carbonyl (C=O) groups excluding carboxylic acids is 1. The van der Waals surface area contributed by atoms with Crippen LogP contribution in [0.3, 0.4) is 0 Å². The molecule has 1 heterocycles. The highest BCUT2D eigenvalue weighted by Crippen LogP contribution is 2.31. The van der Waals surface area contributed by atoms with Crippen molar-refractivity contribution < 1.29 is 4.79 Å². The molecule has 1 aliphatic heterocycles. The molecule has 1 N–H and O–H groups in total. The molecule has 1 saturated heterocycles. The van der Waals surface area contributed by atoms with Gasteiger partial charge in [0.2, 0.25) is 5.96 Å². The predicted octanol–water partition coefficient (Wildman–Crippen LogP) is 5.07. The fourth-order valence-electron chi connectivity index (χ4n) is 3.00. The zero-order valence-corrected chi connectivity index (χ0v) is 17.5. The first kappa shape index (κ1) is 19.2. The van der Waals surface area contributed by atoms with Crippen LogP contribution in [0.25, 0.3) is 0 Å². The van der Waals surface area contributed by atoms with E-state index in [4.69, 9.17) is 23.2 Å². The number of hydrogen-bond donors (Lipinski definition) is 1. The van der Waals surface area contributed by atoms with Gasteiger partial charge in [-0.3, -0.25) is 9.79 Å². The van der Waals surface area contributed by atoms with E-state index in [1.165, 1.54) is 0 Å². The van der Waals surface area contributed by atoms with Crippen LogP contribution in [0.1, 0.15) is 19.4 Å². The summed E-state index contributed by atoms with van der Waals surface area (Å²) in [5.41, 5.74) is 0.849. The van der Waals surface area contributed by atoms with E-state index in [0.29, 0.717) is 34.7 Å². The van der Waals surface area contributed by atoms with E-state index >= 15 is 0 Å². The molecule has 0 radical (unpaired) electrons. The first-order valence-electron chi connectivity index (χ1n) is 8.20. The van der Waals surface area contributed by atoms with Gasteiger partial charge < -0.3 is 5.32 Å². The van der Waals surface area contributed by atoms with Gasteiger partial charge in [-0.05, 0) is 49.7 Å². The van der Waals surface area contributed by atoms with Crippen LogP contribution in [0.15, 0.2) is 51.9 Å². The molecule has 0 aliphatic carbocycles. The minimum Gasteiger partial charge on any atom is -0.341 e. The molecule has 7 heteroatoms. The molecule has 0 saturated carbocycles. The third-order valence-corrected chi connectivity index (χ3v) is 5.12. The number of rotatable bonds is 4. The van der Waals surface area contributed by atoms with Gasteiger partial charge in [-0.15, -0.1) is 0 Å². The number of carbonyl (C=O) groups is 1. The maximum absolute atomic E-state index is 13.3. The summed E-state index contributed by atoms with van der Waals surface area (Å²) in [5, 5.41) is 4.24. The van der Waals surface area contributed by atoms with Crippen molar-refractivity contribution in [3.8, 4) is 0 Å². The number of halogens is 3. The summed E-state index contributed by atoms with van der Waals surface area (Å²) in [7, 11) is 0. The van der Waals surface area contributed by atoms with Gasteiger partial charge in [-0.25, -0.2) is 4.90 Å². The smallest absolute Gasteiger partial charge is 0.259 e. The number of hydrogen-bond acceptors (Lipinski definition) is 2. The van der Waals surface area contributed by atoms with Crippen LogP contribution in [-0.4, -0.2) is 24.0 Å². The second kappa shape index (κ2) is 7.59. The lowest BCUT2D eigenvalue weighted by Gasteiger charge is -2.22. The molecule has 1 unspecified atom stereocenters. The summed E-state index contributed by atoms with van der Waals surface area (Å²) < 4.78 is 1.00. The second-order valence-corrected chi connectivity index (χ2v) is 8.12. The maximum atomic E-state index is 13.3. The van der Waals surface area contributed by atoms with E-state index in [0.717, 1.165) is 10.0 Å². The van der Waals surface area contributed by atoms with Gasteiger partial charge in [0, 0.05) is 27.5 Å². The lowest BCUT2D eigenvalue weighted by Crippen LogP contribution is -2.46. The average molecular weight is 455 g/mol. The Morgan fingerprint density at radius 3 is 2.35 bits per heavy atom. The first-order valence-corrected chi connectivity index (χ1v) is 9.75. The Morgan fingerprint density at radius 1 is 1.15 bits per heavy atom. The van der Waals surface area contributed by atoms with Gasteiger partial charge in [0.05, 0.1) is 5.69 Å². The van der Waals surface area contributed by atoms with Crippen molar-refractivity contribution >= 4 is 56.7 Å². The van der Waals surface area contributed by atoms with Crippen molar-refractivity contribution in [1.29, 1.82) is 0 Å². The highest BCUT2D eigenvalue weighted by atomic mass is 79.9. The summed E-state index contributed by atoms with van der Waals surface area (Å²) in [6.07, 6.45) is 0.534. The summed E-state index contributed by atoms with van der Waals surface area (Å²) >= 11 is 15.7. The molecule has 1 fully saturated rings. The van der Waals surface area contributed by atoms with Gasteiger partial charge in [-0.1, -0.05) is 51.3 Å². The molecule has 0 aromatic heterocycles. The Hall–Kier alpha value is -1.56. The Labute approximate surface area is 171 Å². The average Bonchev–Trinajstić information content (AvgIpc) is 2.80. The zero-order chi connectivity index (χ0) is 18.9. The number of aliphatic imine (C=N–C) groups is 1. The third kappa shape index (κ3) is 3.90. The zero-order valence-electron chi connectivity index (χ0n) is 14.4. The summed E-state index contributed by atoms with van der Waals surface area (Å²) in [6.45, 7) is 4.36. The van der Waals surface area contributed by atoms with Crippen molar-refractivity contribution in [1.82, 2.24) is 5.32 Å². The van der Waals surface area contributed by atoms with Gasteiger partial charge >= 0.3 is 0 Å². The van der Waals surface area contributed by atoms with E-state index in [2.05, 4.69) is 26.2 Å². The Bertz CT molecular complexity index is 849. The van der Waals surface area contributed by atoms with E-state index in [-0.39, 0.29) is 5.91 Å². The fraction of sp³-hybridized carbons (Fsp3) is 0.263. The molecule has 2 aromatic rings. The Balaban J connectivity index is 1.98. The van der Waals surface area contributed by atoms with Gasteiger partial charge in [-0.2, -0.15) is 0 Å². The highest BCUT2D eigenvalue weighted by molar-refractivity contribution is 9.10. The number of benzene rings is 2. The molecule has 26 heavy (non-hydrogen) atoms. The first-order chi connectivity index (χ1) is 12.3. The monoisotopic (exact) mass is 453 g/mol. The Morgan fingerprint density at radius 2 is 1.77 bits per heavy atom. The molecule has 4 nitrogen and oxygen atoms in total. The summed E-state index contributed by atoms with van der Waals surface area (Å²) in [5.74, 6) is 0.418. The van der Waals surface area contributed by atoms with E-state index < -0.39 is 5.54 Å². The topological polar surface area (TPSA) is 44.7 Å². The molecular formula is C19H18BrCl2N3O. The Kier molecular flexibility index (Phi) is 5.61. The normalized spacial score (nSPS) is 21.3. The lowest BCUT2D eigenvalue weighted by atomic mass is 9.93. The van der Waals surface area contributed by atoms with E-state index in [1.807, 2.05) is 38.1 Å². The van der Waals surface area contributed by atoms with E-state index in [9.17, 15) is 4.79 Å². The summed E-state index contributed by atoms with van der Waals surface area (Å²) in [6, 6.07) is 13.0. The molecule has 1 aliphatic rings. The number of anilines is 1. The molecule has 0 bridgehead atoms. The number of nitrogens with zero attached hydrogens (tertiary/aromatic N) is 2. The fourth-order valence-corrected chi connectivity index (χ4v) is 3.78. The van der Waals surface area contributed by atoms with Crippen molar-refractivity contribution in [3.63, 3.8) is 0 Å². The molecule has 2 aromatic carbocycles. The van der Waals surface area contributed by atoms with Gasteiger partial charge in [0.25, 0.3) is 5.91 Å². The molecule has 1 amide bonds. The SMILES string of the molecule is CCN=C1NC(C)(Cc2ccc(Br)cc2)C(=O)N1c1cc(Cl)cc(Cl)c1. The third-order valence-electron chi connectivity index (χ3n) is 4.16. The molecule has 136 valence electrons. The van der Waals surface area contributed by atoms with Crippen LogP contribution in [0.2, 0.25) is 10.0 Å². The minimum atomic E-state index is -0.809. The van der Waals surface area contributed by atoms with Crippen molar-refractivity contribution in [3.05, 3.63) is 62.5 Å². The minimum absolute atomic E-state index is 0.0917. The summed E-state index contributed by atoms with van der Waals surface area (Å²) in [4.78, 5) is 19.3. The van der Waals surface area contributed by atoms with Crippen molar-refractivity contribution in [2.24, 2.45) is 4.99 Å². The molecule has 3 rings (SSSR count).